The van der Waals surface area contributed by atoms with Gasteiger partial charge in [-0.05, 0) is 211 Å². The quantitative estimate of drug-likeness (QED) is 0.126. The summed E-state index contributed by atoms with van der Waals surface area (Å²) in [6, 6.07) is 97.0. The van der Waals surface area contributed by atoms with Crippen molar-refractivity contribution in [1.82, 2.24) is 0 Å². The van der Waals surface area contributed by atoms with E-state index in [0.717, 1.165) is 45.3 Å². The van der Waals surface area contributed by atoms with Gasteiger partial charge in [-0.2, -0.15) is 0 Å². The molecule has 13 rings (SSSR count). The van der Waals surface area contributed by atoms with Gasteiger partial charge in [-0.25, -0.2) is 0 Å². The number of aryl methyl sites for hydroxylation is 5. The van der Waals surface area contributed by atoms with Crippen LogP contribution in [0.15, 0.2) is 261 Å². The maximum absolute atomic E-state index is 2.41. The average Bonchev–Trinajstić information content (AvgIpc) is 3.45. The van der Waals surface area contributed by atoms with Gasteiger partial charge in [0.2, 0.25) is 0 Å². The monoisotopic (exact) mass is 986 g/mol. The molecule has 0 aromatic heterocycles. The molecule has 0 unspecified atom stereocenters. The van der Waals surface area contributed by atoms with E-state index >= 15 is 0 Å². The summed E-state index contributed by atoms with van der Waals surface area (Å²) in [5, 5.41) is 9.95. The number of hydrogen-bond acceptors (Lipinski definition) is 2. The van der Waals surface area contributed by atoms with Crippen molar-refractivity contribution in [3.63, 3.8) is 0 Å². The molecule has 77 heavy (non-hydrogen) atoms. The molecule has 0 fully saturated rings. The van der Waals surface area contributed by atoms with Gasteiger partial charge < -0.3 is 9.80 Å². The molecule has 368 valence electrons. The summed E-state index contributed by atoms with van der Waals surface area (Å²) in [5.74, 6) is 0. The van der Waals surface area contributed by atoms with E-state index in [1.807, 2.05) is 0 Å². The van der Waals surface area contributed by atoms with Crippen molar-refractivity contribution in [1.29, 1.82) is 0 Å². The predicted molar refractivity (Wildman–Crippen MR) is 331 cm³/mol. The lowest BCUT2D eigenvalue weighted by atomic mass is 9.81. The zero-order valence-electron chi connectivity index (χ0n) is 44.2. The molecule has 0 spiro atoms. The third-order valence-electron chi connectivity index (χ3n) is 15.4. The van der Waals surface area contributed by atoms with Crippen LogP contribution in [0.4, 0.5) is 34.1 Å². The van der Waals surface area contributed by atoms with Crippen LogP contribution in [0, 0.1) is 34.6 Å². The molecule has 0 N–H and O–H groups in total. The molecule has 0 saturated heterocycles. The Labute approximate surface area is 452 Å². The van der Waals surface area contributed by atoms with Gasteiger partial charge in [0.25, 0.3) is 0 Å². The first kappa shape index (κ1) is 47.2. The SMILES string of the molecule is Cc1ccc(-c2c3ccccc3c(-c3c4ccccc4c(-c4ccc(-c5cc(N(c6cccc(C)c6)c6cccc(C)c6)cc(N(c6cccc(C)c6)c6cccc(C)c6)c5)cc4)c4ccccc34)c3ccccc23)cc1. The summed E-state index contributed by atoms with van der Waals surface area (Å²) in [4.78, 5) is 4.82. The molecule has 0 radical (unpaired) electrons. The molecular weight excluding hydrogens is 929 g/mol. The Morgan fingerprint density at radius 2 is 0.455 bits per heavy atom. The fourth-order valence-electron chi connectivity index (χ4n) is 11.9. The minimum atomic E-state index is 1.07. The molecule has 0 saturated carbocycles. The van der Waals surface area contributed by atoms with E-state index < -0.39 is 0 Å². The summed E-state index contributed by atoms with van der Waals surface area (Å²) >= 11 is 0. The minimum absolute atomic E-state index is 1.07. The fraction of sp³-hybridized carbons (Fsp3) is 0.0667. The van der Waals surface area contributed by atoms with Crippen LogP contribution in [-0.2, 0) is 0 Å². The van der Waals surface area contributed by atoms with Crippen LogP contribution in [0.5, 0.6) is 0 Å². The van der Waals surface area contributed by atoms with Gasteiger partial charge in [0.1, 0.15) is 0 Å². The Bertz CT molecular complexity index is 4070. The highest BCUT2D eigenvalue weighted by Crippen LogP contribution is 2.51. The zero-order valence-corrected chi connectivity index (χ0v) is 44.2. The average molecular weight is 987 g/mol. The first-order valence-electron chi connectivity index (χ1n) is 26.8. The molecule has 0 aliphatic heterocycles. The number of fused-ring (bicyclic) bond motifs is 4. The number of anilines is 6. The Morgan fingerprint density at radius 3 is 0.753 bits per heavy atom. The van der Waals surface area contributed by atoms with Gasteiger partial charge >= 0.3 is 0 Å². The van der Waals surface area contributed by atoms with Crippen LogP contribution in [0.3, 0.4) is 0 Å². The lowest BCUT2D eigenvalue weighted by Crippen LogP contribution is -2.14. The molecule has 2 nitrogen and oxygen atoms in total. The van der Waals surface area contributed by atoms with Crippen LogP contribution < -0.4 is 9.80 Å². The number of benzene rings is 13. The normalized spacial score (nSPS) is 11.4. The lowest BCUT2D eigenvalue weighted by molar-refractivity contribution is 1.23. The van der Waals surface area contributed by atoms with Crippen molar-refractivity contribution in [2.24, 2.45) is 0 Å². The molecule has 0 amide bonds. The summed E-state index contributed by atoms with van der Waals surface area (Å²) in [5.41, 5.74) is 22.4. The maximum atomic E-state index is 2.41. The predicted octanol–water partition coefficient (Wildman–Crippen LogP) is 21.4. The van der Waals surface area contributed by atoms with Crippen LogP contribution >= 0.6 is 0 Å². The largest absolute Gasteiger partial charge is 0.310 e. The molecule has 0 atom stereocenters. The summed E-state index contributed by atoms with van der Waals surface area (Å²) < 4.78 is 0. The second-order valence-electron chi connectivity index (χ2n) is 20.9. The van der Waals surface area contributed by atoms with Crippen LogP contribution in [0.25, 0.3) is 87.6 Å². The van der Waals surface area contributed by atoms with Gasteiger partial charge in [-0.1, -0.05) is 200 Å². The van der Waals surface area contributed by atoms with Gasteiger partial charge in [0, 0.05) is 34.1 Å². The van der Waals surface area contributed by atoms with Gasteiger partial charge in [0.05, 0.1) is 0 Å². The molecule has 0 aliphatic rings. The number of rotatable bonds is 10. The van der Waals surface area contributed by atoms with Crippen LogP contribution in [-0.4, -0.2) is 0 Å². The molecule has 2 heteroatoms. The molecule has 13 aromatic carbocycles. The van der Waals surface area contributed by atoms with Crippen molar-refractivity contribution >= 4 is 77.2 Å². The third-order valence-corrected chi connectivity index (χ3v) is 15.4. The highest BCUT2D eigenvalue weighted by molar-refractivity contribution is 6.30. The van der Waals surface area contributed by atoms with Crippen molar-refractivity contribution < 1.29 is 0 Å². The Kier molecular flexibility index (Phi) is 12.1. The van der Waals surface area contributed by atoms with Gasteiger partial charge in [-0.15, -0.1) is 0 Å². The molecule has 13 aromatic rings. The van der Waals surface area contributed by atoms with Crippen molar-refractivity contribution in [2.45, 2.75) is 34.6 Å². The molecule has 0 heterocycles. The van der Waals surface area contributed by atoms with Crippen LogP contribution in [0.2, 0.25) is 0 Å². The van der Waals surface area contributed by atoms with Crippen molar-refractivity contribution in [2.75, 3.05) is 9.80 Å². The van der Waals surface area contributed by atoms with E-state index in [1.165, 1.54) is 104 Å². The smallest absolute Gasteiger partial charge is 0.0488 e. The van der Waals surface area contributed by atoms with Crippen molar-refractivity contribution in [3.8, 4) is 44.5 Å². The number of nitrogens with zero attached hydrogens (tertiary/aromatic N) is 2. The summed E-state index contributed by atoms with van der Waals surface area (Å²) in [6.07, 6.45) is 0. The van der Waals surface area contributed by atoms with Gasteiger partial charge in [0.15, 0.2) is 0 Å². The van der Waals surface area contributed by atoms with Gasteiger partial charge in [-0.3, -0.25) is 0 Å². The molecule has 0 bridgehead atoms. The maximum Gasteiger partial charge on any atom is 0.0488 e. The lowest BCUT2D eigenvalue weighted by Gasteiger charge is -2.31. The highest BCUT2D eigenvalue weighted by Gasteiger charge is 2.24. The summed E-state index contributed by atoms with van der Waals surface area (Å²) in [6.45, 7) is 10.9. The Hall–Kier alpha value is -9.50. The van der Waals surface area contributed by atoms with Crippen molar-refractivity contribution in [3.05, 3.63) is 289 Å². The van der Waals surface area contributed by atoms with E-state index in [0.29, 0.717) is 0 Å². The second kappa shape index (κ2) is 19.6. The van der Waals surface area contributed by atoms with E-state index in [2.05, 4.69) is 305 Å². The first-order chi connectivity index (χ1) is 37.7. The molecular formula is C75H58N2. The zero-order chi connectivity index (χ0) is 52.1. The Morgan fingerprint density at radius 1 is 0.182 bits per heavy atom. The van der Waals surface area contributed by atoms with E-state index in [1.54, 1.807) is 0 Å². The third kappa shape index (κ3) is 8.68. The topological polar surface area (TPSA) is 6.48 Å². The summed E-state index contributed by atoms with van der Waals surface area (Å²) in [7, 11) is 0. The van der Waals surface area contributed by atoms with E-state index in [9.17, 15) is 0 Å². The number of hydrogen-bond donors (Lipinski definition) is 0. The highest BCUT2D eigenvalue weighted by atomic mass is 15.2. The van der Waals surface area contributed by atoms with Crippen LogP contribution in [0.1, 0.15) is 27.8 Å². The first-order valence-corrected chi connectivity index (χ1v) is 26.8. The standard InChI is InChI=1S/C75H58N2/c1-49-34-36-55(37-35-49)72-64-26-6-10-30-68(64)74(69-31-11-7-27-65(69)72)75-70-32-12-8-28-66(70)73(67-29-9-13-33-71(67)75)56-40-38-54(39-41-56)57-46-62(76(58-22-14-18-50(2)42-58)59-23-15-19-51(3)43-59)48-63(47-57)77(60-24-16-20-52(4)44-60)61-25-17-21-53(5)45-61/h6-48H,1-5H3. The minimum Gasteiger partial charge on any atom is -0.310 e. The molecule has 0 aliphatic carbocycles. The van der Waals surface area contributed by atoms with E-state index in [4.69, 9.17) is 0 Å². The second-order valence-corrected chi connectivity index (χ2v) is 20.9. The Balaban J connectivity index is 1.02. The van der Waals surface area contributed by atoms with E-state index in [-0.39, 0.29) is 0 Å². The fourth-order valence-corrected chi connectivity index (χ4v) is 11.9.